The van der Waals surface area contributed by atoms with Crippen molar-refractivity contribution in [2.24, 2.45) is 23.5 Å². The molecule has 0 radical (unpaired) electrons. The topological polar surface area (TPSA) is 26.0 Å². The van der Waals surface area contributed by atoms with Gasteiger partial charge in [0.2, 0.25) is 0 Å². The average Bonchev–Trinajstić information content (AvgIpc) is 2.95. The molecule has 2 saturated carbocycles. The maximum Gasteiger partial charge on any atom is 0.0456 e. The molecule has 0 spiro atoms. The monoisotopic (exact) mass is 263 g/mol. The SMILES string of the molecule is Cc1cc(Cl)c(C(N)C2CC3CCC2C3)cc1C. The van der Waals surface area contributed by atoms with Crippen molar-refractivity contribution in [1.82, 2.24) is 0 Å². The summed E-state index contributed by atoms with van der Waals surface area (Å²) in [4.78, 5) is 0. The Kier molecular flexibility index (Phi) is 3.15. The fourth-order valence-electron chi connectivity index (χ4n) is 4.02. The van der Waals surface area contributed by atoms with Crippen molar-refractivity contribution >= 4 is 11.6 Å². The van der Waals surface area contributed by atoms with Crippen molar-refractivity contribution < 1.29 is 0 Å². The summed E-state index contributed by atoms with van der Waals surface area (Å²) in [6.07, 6.45) is 5.52. The molecule has 0 heterocycles. The van der Waals surface area contributed by atoms with Crippen LogP contribution in [0.4, 0.5) is 0 Å². The maximum atomic E-state index is 6.52. The zero-order valence-electron chi connectivity index (χ0n) is 11.2. The smallest absolute Gasteiger partial charge is 0.0456 e. The van der Waals surface area contributed by atoms with Crippen LogP contribution in [0.1, 0.15) is 48.4 Å². The molecule has 2 N–H and O–H groups in total. The standard InChI is InChI=1S/C16H22ClN/c1-9-5-14(15(17)6-10(9)2)16(18)13-8-11-3-4-12(13)7-11/h5-6,11-13,16H,3-4,7-8,18H2,1-2H3. The first-order valence-corrected chi connectivity index (χ1v) is 7.46. The summed E-state index contributed by atoms with van der Waals surface area (Å²) < 4.78 is 0. The number of benzene rings is 1. The van der Waals surface area contributed by atoms with Crippen LogP contribution in [-0.2, 0) is 0 Å². The van der Waals surface area contributed by atoms with Gasteiger partial charge in [-0.25, -0.2) is 0 Å². The second-order valence-corrected chi connectivity index (χ2v) is 6.73. The van der Waals surface area contributed by atoms with Crippen LogP contribution >= 0.6 is 11.6 Å². The molecule has 0 aromatic heterocycles. The van der Waals surface area contributed by atoms with E-state index in [1.807, 2.05) is 0 Å². The van der Waals surface area contributed by atoms with Gasteiger partial charge < -0.3 is 5.73 Å². The van der Waals surface area contributed by atoms with Crippen LogP contribution < -0.4 is 5.73 Å². The summed E-state index contributed by atoms with van der Waals surface area (Å²) in [6, 6.07) is 4.40. The number of hydrogen-bond donors (Lipinski definition) is 1. The highest BCUT2D eigenvalue weighted by Crippen LogP contribution is 2.52. The number of halogens is 1. The predicted octanol–water partition coefficient (Wildman–Crippen LogP) is 4.39. The molecular formula is C16H22ClN. The highest BCUT2D eigenvalue weighted by Gasteiger charge is 2.42. The molecule has 1 aromatic rings. The summed E-state index contributed by atoms with van der Waals surface area (Å²) in [5.74, 6) is 2.45. The summed E-state index contributed by atoms with van der Waals surface area (Å²) in [5.41, 5.74) is 10.2. The highest BCUT2D eigenvalue weighted by atomic mass is 35.5. The van der Waals surface area contributed by atoms with Crippen LogP contribution in [0.5, 0.6) is 0 Å². The second kappa shape index (κ2) is 4.54. The van der Waals surface area contributed by atoms with E-state index >= 15 is 0 Å². The zero-order valence-corrected chi connectivity index (χ0v) is 12.0. The molecule has 4 unspecified atom stereocenters. The molecule has 3 rings (SSSR count). The van der Waals surface area contributed by atoms with Gasteiger partial charge in [-0.05, 0) is 73.6 Å². The fourth-order valence-corrected chi connectivity index (χ4v) is 4.37. The molecule has 4 atom stereocenters. The molecule has 2 aliphatic rings. The molecule has 2 heteroatoms. The Morgan fingerprint density at radius 3 is 2.50 bits per heavy atom. The Hall–Kier alpha value is -0.530. The van der Waals surface area contributed by atoms with Gasteiger partial charge >= 0.3 is 0 Å². The van der Waals surface area contributed by atoms with E-state index in [4.69, 9.17) is 17.3 Å². The van der Waals surface area contributed by atoms with E-state index < -0.39 is 0 Å². The lowest BCUT2D eigenvalue weighted by molar-refractivity contribution is 0.284. The van der Waals surface area contributed by atoms with Gasteiger partial charge in [0.25, 0.3) is 0 Å². The fraction of sp³-hybridized carbons (Fsp3) is 0.625. The molecule has 0 aliphatic heterocycles. The van der Waals surface area contributed by atoms with E-state index in [9.17, 15) is 0 Å². The van der Waals surface area contributed by atoms with E-state index in [0.717, 1.165) is 22.4 Å². The van der Waals surface area contributed by atoms with Gasteiger partial charge in [0.1, 0.15) is 0 Å². The lowest BCUT2D eigenvalue weighted by atomic mass is 9.80. The van der Waals surface area contributed by atoms with Crippen LogP contribution in [0.25, 0.3) is 0 Å². The second-order valence-electron chi connectivity index (χ2n) is 6.32. The number of rotatable bonds is 2. The molecule has 2 bridgehead atoms. The van der Waals surface area contributed by atoms with Gasteiger partial charge in [-0.15, -0.1) is 0 Å². The Labute approximate surface area is 115 Å². The summed E-state index contributed by atoms with van der Waals surface area (Å²) in [7, 11) is 0. The van der Waals surface area contributed by atoms with Crippen LogP contribution in [0.2, 0.25) is 5.02 Å². The minimum atomic E-state index is 0.132. The third-order valence-electron chi connectivity index (χ3n) is 5.23. The van der Waals surface area contributed by atoms with Gasteiger partial charge in [0.05, 0.1) is 0 Å². The summed E-state index contributed by atoms with van der Waals surface area (Å²) >= 11 is 6.40. The van der Waals surface area contributed by atoms with Crippen molar-refractivity contribution in [2.75, 3.05) is 0 Å². The number of aryl methyl sites for hydroxylation is 2. The first-order chi connectivity index (χ1) is 8.56. The molecule has 0 amide bonds. The van der Waals surface area contributed by atoms with E-state index in [0.29, 0.717) is 5.92 Å². The Balaban J connectivity index is 1.88. The molecule has 0 saturated heterocycles. The molecule has 18 heavy (non-hydrogen) atoms. The Morgan fingerprint density at radius 1 is 1.17 bits per heavy atom. The quantitative estimate of drug-likeness (QED) is 0.841. The van der Waals surface area contributed by atoms with E-state index in [1.54, 1.807) is 0 Å². The molecule has 1 aromatic carbocycles. The Morgan fingerprint density at radius 2 is 1.89 bits per heavy atom. The van der Waals surface area contributed by atoms with Gasteiger partial charge in [0.15, 0.2) is 0 Å². The normalized spacial score (nSPS) is 31.9. The van der Waals surface area contributed by atoms with Crippen molar-refractivity contribution in [3.8, 4) is 0 Å². The van der Waals surface area contributed by atoms with Crippen molar-refractivity contribution in [2.45, 2.75) is 45.6 Å². The van der Waals surface area contributed by atoms with Crippen molar-refractivity contribution in [1.29, 1.82) is 0 Å². The Bertz CT molecular complexity index is 468. The maximum absolute atomic E-state index is 6.52. The van der Waals surface area contributed by atoms with E-state index in [-0.39, 0.29) is 6.04 Å². The van der Waals surface area contributed by atoms with Crippen LogP contribution in [0, 0.1) is 31.6 Å². The summed E-state index contributed by atoms with van der Waals surface area (Å²) in [5, 5.41) is 0.855. The van der Waals surface area contributed by atoms with E-state index in [1.165, 1.54) is 36.8 Å². The number of fused-ring (bicyclic) bond motifs is 2. The summed E-state index contributed by atoms with van der Waals surface area (Å²) in [6.45, 7) is 4.25. The minimum absolute atomic E-state index is 0.132. The third kappa shape index (κ3) is 1.98. The number of nitrogens with two attached hydrogens (primary N) is 1. The van der Waals surface area contributed by atoms with Gasteiger partial charge in [-0.1, -0.05) is 24.1 Å². The first kappa shape index (κ1) is 12.5. The van der Waals surface area contributed by atoms with Gasteiger partial charge in [-0.2, -0.15) is 0 Å². The van der Waals surface area contributed by atoms with Crippen molar-refractivity contribution in [3.05, 3.63) is 33.8 Å². The molecule has 1 nitrogen and oxygen atoms in total. The lowest BCUT2D eigenvalue weighted by Gasteiger charge is -2.29. The molecular weight excluding hydrogens is 242 g/mol. The van der Waals surface area contributed by atoms with Crippen LogP contribution in [0.3, 0.4) is 0 Å². The average molecular weight is 264 g/mol. The van der Waals surface area contributed by atoms with Crippen molar-refractivity contribution in [3.63, 3.8) is 0 Å². The molecule has 98 valence electrons. The predicted molar refractivity (Wildman–Crippen MR) is 76.8 cm³/mol. The highest BCUT2D eigenvalue weighted by molar-refractivity contribution is 6.31. The van der Waals surface area contributed by atoms with Gasteiger partial charge in [0, 0.05) is 11.1 Å². The van der Waals surface area contributed by atoms with Crippen LogP contribution in [0.15, 0.2) is 12.1 Å². The number of hydrogen-bond acceptors (Lipinski definition) is 1. The van der Waals surface area contributed by atoms with Crippen LogP contribution in [-0.4, -0.2) is 0 Å². The zero-order chi connectivity index (χ0) is 12.9. The minimum Gasteiger partial charge on any atom is -0.324 e. The third-order valence-corrected chi connectivity index (χ3v) is 5.55. The molecule has 2 aliphatic carbocycles. The molecule has 2 fully saturated rings. The van der Waals surface area contributed by atoms with Gasteiger partial charge in [-0.3, -0.25) is 0 Å². The lowest BCUT2D eigenvalue weighted by Crippen LogP contribution is -2.26. The van der Waals surface area contributed by atoms with E-state index in [2.05, 4.69) is 26.0 Å². The first-order valence-electron chi connectivity index (χ1n) is 7.08. The largest absolute Gasteiger partial charge is 0.324 e.